The molecule has 0 N–H and O–H groups in total. The van der Waals surface area contributed by atoms with Crippen LogP contribution in [0.2, 0.25) is 0 Å². The molecule has 3 heterocycles. The molecule has 0 unspecified atom stereocenters. The second-order valence-corrected chi connectivity index (χ2v) is 8.66. The number of nitrogens with zero attached hydrogens (tertiary/aromatic N) is 4. The maximum atomic E-state index is 13.7. The lowest BCUT2D eigenvalue weighted by molar-refractivity contribution is 0.0731. The first kappa shape index (κ1) is 21.4. The standard InChI is InChI=1S/C26H27FN4O2/c1-18-8-3-4-11-23(18)33-24-21-17-31(25(32)19-9-7-10-20(27)16-19)15-12-22(21)28-26(29-24)30-13-5-2-6-14-30/h3-4,7-11,16H,2,5-6,12-15,17H2,1H3. The number of para-hydroxylation sites is 1. The second-order valence-electron chi connectivity index (χ2n) is 8.66. The summed E-state index contributed by atoms with van der Waals surface area (Å²) in [5, 5.41) is 0. The Labute approximate surface area is 193 Å². The van der Waals surface area contributed by atoms with Crippen LogP contribution >= 0.6 is 0 Å². The van der Waals surface area contributed by atoms with Gasteiger partial charge in [0.25, 0.3) is 5.91 Å². The predicted octanol–water partition coefficient (Wildman–Crippen LogP) is 4.91. The van der Waals surface area contributed by atoms with Gasteiger partial charge in [0.1, 0.15) is 11.6 Å². The number of aryl methyl sites for hydroxylation is 1. The molecule has 0 atom stereocenters. The Hall–Kier alpha value is -3.48. The number of amides is 1. The van der Waals surface area contributed by atoms with Crippen molar-refractivity contribution in [2.45, 2.75) is 39.2 Å². The predicted molar refractivity (Wildman–Crippen MR) is 124 cm³/mol. The normalized spacial score (nSPS) is 15.8. The van der Waals surface area contributed by atoms with Crippen molar-refractivity contribution in [1.82, 2.24) is 14.9 Å². The molecule has 2 aliphatic heterocycles. The van der Waals surface area contributed by atoms with Crippen LogP contribution in [0, 0.1) is 12.7 Å². The van der Waals surface area contributed by atoms with E-state index in [2.05, 4.69) is 4.90 Å². The van der Waals surface area contributed by atoms with Crippen LogP contribution in [0.25, 0.3) is 0 Å². The maximum Gasteiger partial charge on any atom is 0.254 e. The van der Waals surface area contributed by atoms with Crippen LogP contribution in [0.4, 0.5) is 10.3 Å². The molecule has 1 aromatic heterocycles. The number of carbonyl (C=O) groups is 1. The zero-order valence-electron chi connectivity index (χ0n) is 18.8. The molecule has 6 nitrogen and oxygen atoms in total. The molecule has 170 valence electrons. The number of aromatic nitrogens is 2. The second kappa shape index (κ2) is 9.17. The van der Waals surface area contributed by atoms with Gasteiger partial charge < -0.3 is 14.5 Å². The van der Waals surface area contributed by atoms with E-state index in [1.165, 1.54) is 18.6 Å². The van der Waals surface area contributed by atoms with Crippen LogP contribution in [-0.2, 0) is 13.0 Å². The van der Waals surface area contributed by atoms with E-state index in [1.807, 2.05) is 31.2 Å². The molecule has 5 rings (SSSR count). The molecule has 3 aromatic rings. The number of benzene rings is 2. The van der Waals surface area contributed by atoms with Crippen molar-refractivity contribution in [3.05, 3.63) is 76.7 Å². The molecule has 0 spiro atoms. The highest BCUT2D eigenvalue weighted by molar-refractivity contribution is 5.94. The summed E-state index contributed by atoms with van der Waals surface area (Å²) >= 11 is 0. The fourth-order valence-corrected chi connectivity index (χ4v) is 4.44. The summed E-state index contributed by atoms with van der Waals surface area (Å²) in [6.45, 7) is 4.71. The summed E-state index contributed by atoms with van der Waals surface area (Å²) in [6.07, 6.45) is 4.09. The number of rotatable bonds is 4. The number of fused-ring (bicyclic) bond motifs is 1. The topological polar surface area (TPSA) is 58.6 Å². The minimum Gasteiger partial charge on any atom is -0.438 e. The van der Waals surface area contributed by atoms with Crippen LogP contribution in [0.15, 0.2) is 48.5 Å². The molecule has 0 radical (unpaired) electrons. The summed E-state index contributed by atoms with van der Waals surface area (Å²) in [5.41, 5.74) is 3.08. The van der Waals surface area contributed by atoms with Gasteiger partial charge in [-0.05, 0) is 56.0 Å². The third-order valence-electron chi connectivity index (χ3n) is 6.31. The van der Waals surface area contributed by atoms with E-state index >= 15 is 0 Å². The highest BCUT2D eigenvalue weighted by Crippen LogP contribution is 2.33. The average Bonchev–Trinajstić information content (AvgIpc) is 2.85. The fourth-order valence-electron chi connectivity index (χ4n) is 4.44. The lowest BCUT2D eigenvalue weighted by atomic mass is 10.0. The minimum atomic E-state index is -0.420. The van der Waals surface area contributed by atoms with Crippen LogP contribution in [0.5, 0.6) is 11.6 Å². The first-order valence-corrected chi connectivity index (χ1v) is 11.5. The number of hydrogen-bond donors (Lipinski definition) is 0. The lowest BCUT2D eigenvalue weighted by Gasteiger charge is -2.32. The summed E-state index contributed by atoms with van der Waals surface area (Å²) < 4.78 is 20.0. The first-order chi connectivity index (χ1) is 16.1. The molecule has 2 aliphatic rings. The smallest absolute Gasteiger partial charge is 0.254 e. The third kappa shape index (κ3) is 4.53. The van der Waals surface area contributed by atoms with Gasteiger partial charge in [0, 0.05) is 31.6 Å². The molecule has 1 amide bonds. The van der Waals surface area contributed by atoms with E-state index in [9.17, 15) is 9.18 Å². The highest BCUT2D eigenvalue weighted by Gasteiger charge is 2.29. The largest absolute Gasteiger partial charge is 0.438 e. The van der Waals surface area contributed by atoms with Crippen molar-refractivity contribution in [2.24, 2.45) is 0 Å². The molecule has 1 saturated heterocycles. The average molecular weight is 447 g/mol. The Morgan fingerprint density at radius 3 is 2.61 bits per heavy atom. The molecule has 7 heteroatoms. The van der Waals surface area contributed by atoms with Crippen LogP contribution in [-0.4, -0.2) is 40.4 Å². The molecule has 0 bridgehead atoms. The summed E-state index contributed by atoms with van der Waals surface area (Å²) in [6, 6.07) is 13.6. The lowest BCUT2D eigenvalue weighted by Crippen LogP contribution is -2.37. The molecule has 2 aromatic carbocycles. The number of carbonyl (C=O) groups excluding carboxylic acids is 1. The van der Waals surface area contributed by atoms with Crippen molar-refractivity contribution in [1.29, 1.82) is 0 Å². The van der Waals surface area contributed by atoms with Crippen molar-refractivity contribution < 1.29 is 13.9 Å². The van der Waals surface area contributed by atoms with Gasteiger partial charge in [0.05, 0.1) is 17.8 Å². The van der Waals surface area contributed by atoms with Crippen LogP contribution in [0.3, 0.4) is 0 Å². The third-order valence-corrected chi connectivity index (χ3v) is 6.31. The molecular weight excluding hydrogens is 419 g/mol. The van der Waals surface area contributed by atoms with Gasteiger partial charge in [0.15, 0.2) is 0 Å². The van der Waals surface area contributed by atoms with Crippen LogP contribution < -0.4 is 9.64 Å². The number of anilines is 1. The monoisotopic (exact) mass is 446 g/mol. The fraction of sp³-hybridized carbons (Fsp3) is 0.346. The van der Waals surface area contributed by atoms with Crippen molar-refractivity contribution in [3.8, 4) is 11.6 Å². The van der Waals surface area contributed by atoms with E-state index in [4.69, 9.17) is 14.7 Å². The van der Waals surface area contributed by atoms with Gasteiger partial charge >= 0.3 is 0 Å². The van der Waals surface area contributed by atoms with E-state index in [0.717, 1.165) is 48.5 Å². The van der Waals surface area contributed by atoms with E-state index in [1.54, 1.807) is 17.0 Å². The highest BCUT2D eigenvalue weighted by atomic mass is 19.1. The summed E-state index contributed by atoms with van der Waals surface area (Å²) in [7, 11) is 0. The Balaban J connectivity index is 1.50. The van der Waals surface area contributed by atoms with E-state index in [-0.39, 0.29) is 5.91 Å². The quantitative estimate of drug-likeness (QED) is 0.570. The Morgan fingerprint density at radius 2 is 1.82 bits per heavy atom. The number of hydrogen-bond acceptors (Lipinski definition) is 5. The Morgan fingerprint density at radius 1 is 1.00 bits per heavy atom. The van der Waals surface area contributed by atoms with Crippen molar-refractivity contribution in [2.75, 3.05) is 24.5 Å². The maximum absolute atomic E-state index is 13.7. The van der Waals surface area contributed by atoms with Gasteiger partial charge in [-0.25, -0.2) is 9.37 Å². The van der Waals surface area contributed by atoms with E-state index in [0.29, 0.717) is 36.9 Å². The van der Waals surface area contributed by atoms with Crippen molar-refractivity contribution >= 4 is 11.9 Å². The zero-order valence-corrected chi connectivity index (χ0v) is 18.8. The van der Waals surface area contributed by atoms with Gasteiger partial charge in [-0.2, -0.15) is 4.98 Å². The first-order valence-electron chi connectivity index (χ1n) is 11.5. The SMILES string of the molecule is Cc1ccccc1Oc1nc(N2CCCCC2)nc2c1CN(C(=O)c1cccc(F)c1)CC2. The zero-order chi connectivity index (χ0) is 22.8. The number of piperidine rings is 1. The van der Waals surface area contributed by atoms with Gasteiger partial charge in [-0.3, -0.25) is 4.79 Å². The van der Waals surface area contributed by atoms with E-state index < -0.39 is 5.82 Å². The van der Waals surface area contributed by atoms with Gasteiger partial charge in [-0.15, -0.1) is 0 Å². The van der Waals surface area contributed by atoms with Gasteiger partial charge in [0.2, 0.25) is 11.8 Å². The molecule has 0 saturated carbocycles. The summed E-state index contributed by atoms with van der Waals surface area (Å²) in [5.74, 6) is 1.29. The number of halogens is 1. The van der Waals surface area contributed by atoms with Gasteiger partial charge in [-0.1, -0.05) is 24.3 Å². The van der Waals surface area contributed by atoms with Crippen molar-refractivity contribution in [3.63, 3.8) is 0 Å². The van der Waals surface area contributed by atoms with Crippen LogP contribution in [0.1, 0.15) is 46.4 Å². The minimum absolute atomic E-state index is 0.206. The summed E-state index contributed by atoms with van der Waals surface area (Å²) in [4.78, 5) is 26.7. The molecule has 33 heavy (non-hydrogen) atoms. The Bertz CT molecular complexity index is 1180. The molecule has 1 fully saturated rings. The number of ether oxygens (including phenoxy) is 1. The molecule has 0 aliphatic carbocycles. The molecular formula is C26H27FN4O2. The Kier molecular flexibility index (Phi) is 5.94.